The Morgan fingerprint density at radius 3 is 2.76 bits per heavy atom. The lowest BCUT2D eigenvalue weighted by molar-refractivity contribution is 0.0779. The number of ether oxygens (including phenoxy) is 1. The molecule has 21 heavy (non-hydrogen) atoms. The van der Waals surface area contributed by atoms with Crippen LogP contribution in [0.4, 0.5) is 0 Å². The van der Waals surface area contributed by atoms with Gasteiger partial charge in [-0.1, -0.05) is 12.1 Å². The summed E-state index contributed by atoms with van der Waals surface area (Å²) in [6.45, 7) is 3.25. The van der Waals surface area contributed by atoms with Gasteiger partial charge in [-0.15, -0.1) is 0 Å². The minimum atomic E-state index is -0.0922. The van der Waals surface area contributed by atoms with E-state index in [-0.39, 0.29) is 5.91 Å². The Kier molecular flexibility index (Phi) is 5.01. The Balaban J connectivity index is 2.17. The number of nitrogens with zero attached hydrogens (tertiary/aromatic N) is 3. The number of halogens is 1. The fourth-order valence-electron chi connectivity index (χ4n) is 2.03. The van der Waals surface area contributed by atoms with E-state index in [0.29, 0.717) is 17.9 Å². The van der Waals surface area contributed by atoms with Crippen molar-refractivity contribution in [2.75, 3.05) is 14.2 Å². The Labute approximate surface area is 132 Å². The van der Waals surface area contributed by atoms with E-state index >= 15 is 0 Å². The third-order valence-electron chi connectivity index (χ3n) is 3.18. The highest BCUT2D eigenvalue weighted by Crippen LogP contribution is 2.21. The Bertz CT molecular complexity index is 640. The molecule has 0 N–H and O–H groups in total. The summed E-state index contributed by atoms with van der Waals surface area (Å²) in [6.07, 6.45) is 1.91. The molecule has 6 heteroatoms. The van der Waals surface area contributed by atoms with Crippen molar-refractivity contribution in [3.8, 4) is 5.75 Å². The van der Waals surface area contributed by atoms with Gasteiger partial charge in [-0.2, -0.15) is 5.10 Å². The van der Waals surface area contributed by atoms with Crippen LogP contribution >= 0.6 is 15.9 Å². The first-order chi connectivity index (χ1) is 10.1. The predicted octanol–water partition coefficient (Wildman–Crippen LogP) is 2.95. The molecular formula is C15H18BrN3O2. The van der Waals surface area contributed by atoms with Crippen molar-refractivity contribution in [1.82, 2.24) is 14.7 Å². The summed E-state index contributed by atoms with van der Waals surface area (Å²) in [5.74, 6) is 0.484. The third kappa shape index (κ3) is 3.44. The molecular weight excluding hydrogens is 334 g/mol. The van der Waals surface area contributed by atoms with Gasteiger partial charge in [-0.05, 0) is 35.0 Å². The highest BCUT2D eigenvalue weighted by atomic mass is 79.9. The highest BCUT2D eigenvalue weighted by Gasteiger charge is 2.18. The summed E-state index contributed by atoms with van der Waals surface area (Å²) in [7, 11) is 3.32. The zero-order valence-corrected chi connectivity index (χ0v) is 13.9. The number of carbonyl (C=O) groups is 1. The molecule has 2 aromatic rings. The number of hydrogen-bond acceptors (Lipinski definition) is 3. The molecule has 2 rings (SSSR count). The average Bonchev–Trinajstić information content (AvgIpc) is 2.86. The monoisotopic (exact) mass is 351 g/mol. The van der Waals surface area contributed by atoms with Gasteiger partial charge in [0.25, 0.3) is 5.91 Å². The summed E-state index contributed by atoms with van der Waals surface area (Å²) in [4.78, 5) is 14.1. The molecule has 0 saturated carbocycles. The van der Waals surface area contributed by atoms with Crippen LogP contribution in [-0.4, -0.2) is 34.7 Å². The van der Waals surface area contributed by atoms with Gasteiger partial charge in [0.2, 0.25) is 0 Å². The van der Waals surface area contributed by atoms with E-state index in [4.69, 9.17) is 4.74 Å². The van der Waals surface area contributed by atoms with Gasteiger partial charge in [-0.3, -0.25) is 9.48 Å². The van der Waals surface area contributed by atoms with Crippen molar-refractivity contribution >= 4 is 21.8 Å². The van der Waals surface area contributed by atoms with Crippen LogP contribution in [0, 0.1) is 0 Å². The maximum Gasteiger partial charge on any atom is 0.257 e. The van der Waals surface area contributed by atoms with Crippen LogP contribution < -0.4 is 4.74 Å². The van der Waals surface area contributed by atoms with E-state index in [0.717, 1.165) is 16.7 Å². The standard InChI is InChI=1S/C15H18BrN3O2/c1-4-19-9-12(16)13(17-19)10-18(2)15(20)11-7-5-6-8-14(11)21-3/h5-9H,4,10H2,1-3H3. The summed E-state index contributed by atoms with van der Waals surface area (Å²) >= 11 is 3.47. The number of para-hydroxylation sites is 1. The molecule has 0 aliphatic carbocycles. The van der Waals surface area contributed by atoms with Gasteiger partial charge in [0.05, 0.1) is 29.4 Å². The lowest BCUT2D eigenvalue weighted by Crippen LogP contribution is -2.27. The predicted molar refractivity (Wildman–Crippen MR) is 84.4 cm³/mol. The zero-order valence-electron chi connectivity index (χ0n) is 12.3. The molecule has 0 bridgehead atoms. The maximum atomic E-state index is 12.5. The van der Waals surface area contributed by atoms with Crippen molar-refractivity contribution < 1.29 is 9.53 Å². The minimum absolute atomic E-state index is 0.0922. The number of carbonyl (C=O) groups excluding carboxylic acids is 1. The summed E-state index contributed by atoms with van der Waals surface area (Å²) < 4.78 is 7.98. The number of amides is 1. The number of rotatable bonds is 5. The van der Waals surface area contributed by atoms with E-state index in [2.05, 4.69) is 21.0 Å². The number of aromatic nitrogens is 2. The molecule has 5 nitrogen and oxygen atoms in total. The van der Waals surface area contributed by atoms with Gasteiger partial charge in [-0.25, -0.2) is 0 Å². The van der Waals surface area contributed by atoms with Gasteiger partial charge in [0.15, 0.2) is 0 Å². The van der Waals surface area contributed by atoms with Crippen molar-refractivity contribution in [2.45, 2.75) is 20.0 Å². The molecule has 1 aromatic carbocycles. The minimum Gasteiger partial charge on any atom is -0.496 e. The Morgan fingerprint density at radius 2 is 2.14 bits per heavy atom. The van der Waals surface area contributed by atoms with Crippen LogP contribution in [0.2, 0.25) is 0 Å². The van der Waals surface area contributed by atoms with Crippen molar-refractivity contribution in [1.29, 1.82) is 0 Å². The average molecular weight is 352 g/mol. The summed E-state index contributed by atoms with van der Waals surface area (Å²) in [5, 5.41) is 4.43. The number of benzene rings is 1. The molecule has 0 aliphatic heterocycles. The van der Waals surface area contributed by atoms with Gasteiger partial charge in [0.1, 0.15) is 5.75 Å². The number of hydrogen-bond donors (Lipinski definition) is 0. The zero-order chi connectivity index (χ0) is 15.4. The Hall–Kier alpha value is -1.82. The van der Waals surface area contributed by atoms with Crippen LogP contribution in [0.1, 0.15) is 23.0 Å². The molecule has 0 fully saturated rings. The molecule has 1 amide bonds. The van der Waals surface area contributed by atoms with E-state index < -0.39 is 0 Å². The van der Waals surface area contributed by atoms with Crippen LogP contribution in [0.25, 0.3) is 0 Å². The fraction of sp³-hybridized carbons (Fsp3) is 0.333. The van der Waals surface area contributed by atoms with E-state index in [1.807, 2.05) is 29.9 Å². The molecule has 1 aromatic heterocycles. The fourth-order valence-corrected chi connectivity index (χ4v) is 2.47. The van der Waals surface area contributed by atoms with Crippen LogP contribution in [0.5, 0.6) is 5.75 Å². The molecule has 0 atom stereocenters. The Morgan fingerprint density at radius 1 is 1.43 bits per heavy atom. The first-order valence-electron chi connectivity index (χ1n) is 6.67. The second kappa shape index (κ2) is 6.76. The van der Waals surface area contributed by atoms with Gasteiger partial charge >= 0.3 is 0 Å². The van der Waals surface area contributed by atoms with Gasteiger partial charge < -0.3 is 9.64 Å². The quantitative estimate of drug-likeness (QED) is 0.831. The molecule has 0 spiro atoms. The van der Waals surface area contributed by atoms with Crippen LogP contribution in [0.15, 0.2) is 34.9 Å². The molecule has 0 aliphatic rings. The van der Waals surface area contributed by atoms with Crippen molar-refractivity contribution in [2.24, 2.45) is 0 Å². The molecule has 0 saturated heterocycles. The molecule has 0 unspecified atom stereocenters. The number of methoxy groups -OCH3 is 1. The smallest absolute Gasteiger partial charge is 0.257 e. The highest BCUT2D eigenvalue weighted by molar-refractivity contribution is 9.10. The van der Waals surface area contributed by atoms with Crippen molar-refractivity contribution in [3.05, 3.63) is 46.2 Å². The normalized spacial score (nSPS) is 10.5. The maximum absolute atomic E-state index is 12.5. The summed E-state index contributed by atoms with van der Waals surface area (Å²) in [5.41, 5.74) is 1.39. The van der Waals surface area contributed by atoms with E-state index in [1.165, 1.54) is 0 Å². The second-order valence-corrected chi connectivity index (χ2v) is 5.50. The first-order valence-corrected chi connectivity index (χ1v) is 7.46. The largest absolute Gasteiger partial charge is 0.496 e. The third-order valence-corrected chi connectivity index (χ3v) is 3.84. The molecule has 1 heterocycles. The molecule has 0 radical (unpaired) electrons. The van der Waals surface area contributed by atoms with Crippen molar-refractivity contribution in [3.63, 3.8) is 0 Å². The topological polar surface area (TPSA) is 47.4 Å². The number of aryl methyl sites for hydroxylation is 1. The van der Waals surface area contributed by atoms with E-state index in [1.54, 1.807) is 31.2 Å². The lowest BCUT2D eigenvalue weighted by Gasteiger charge is -2.17. The molecule has 112 valence electrons. The van der Waals surface area contributed by atoms with Crippen LogP contribution in [0.3, 0.4) is 0 Å². The van der Waals surface area contributed by atoms with Crippen LogP contribution in [-0.2, 0) is 13.1 Å². The lowest BCUT2D eigenvalue weighted by atomic mass is 10.1. The first kappa shape index (κ1) is 15.6. The SMILES string of the molecule is CCn1cc(Br)c(CN(C)C(=O)c2ccccc2OC)n1. The summed E-state index contributed by atoms with van der Waals surface area (Å²) in [6, 6.07) is 7.21. The second-order valence-electron chi connectivity index (χ2n) is 4.64. The van der Waals surface area contributed by atoms with E-state index in [9.17, 15) is 4.79 Å². The van der Waals surface area contributed by atoms with Gasteiger partial charge in [0, 0.05) is 19.8 Å².